The van der Waals surface area contributed by atoms with Crippen LogP contribution < -0.4 is 0 Å². The molecule has 1 aliphatic heterocycles. The molecule has 2 rings (SSSR count). The van der Waals surface area contributed by atoms with Gasteiger partial charge < -0.3 is 0 Å². The van der Waals surface area contributed by atoms with Crippen LogP contribution in [0.1, 0.15) is 12.0 Å². The van der Waals surface area contributed by atoms with E-state index < -0.39 is 15.8 Å². The lowest BCUT2D eigenvalue weighted by Crippen LogP contribution is -2.37. The van der Waals surface area contributed by atoms with Crippen molar-refractivity contribution in [2.24, 2.45) is 0 Å². The third kappa shape index (κ3) is 2.76. The van der Waals surface area contributed by atoms with Crippen molar-refractivity contribution in [3.05, 3.63) is 29.6 Å². The Morgan fingerprint density at radius 3 is 2.84 bits per heavy atom. The maximum Gasteiger partial charge on any atom is 0.243 e. The molecular formula is C12H13FN2O2S2. The first-order valence-electron chi connectivity index (χ1n) is 5.72. The Balaban J connectivity index is 2.36. The van der Waals surface area contributed by atoms with Crippen LogP contribution >= 0.6 is 11.8 Å². The van der Waals surface area contributed by atoms with Gasteiger partial charge in [-0.15, -0.1) is 0 Å². The average molecular weight is 300 g/mol. The number of benzene rings is 1. The lowest BCUT2D eigenvalue weighted by Gasteiger charge is -2.23. The molecule has 0 saturated carbocycles. The summed E-state index contributed by atoms with van der Waals surface area (Å²) in [5.41, 5.74) is -0.254. The largest absolute Gasteiger partial charge is 0.243 e. The number of nitriles is 1. The van der Waals surface area contributed by atoms with Gasteiger partial charge in [0.1, 0.15) is 11.9 Å². The first-order chi connectivity index (χ1) is 8.96. The Hall–Kier alpha value is -1.10. The van der Waals surface area contributed by atoms with Crippen molar-refractivity contribution < 1.29 is 12.8 Å². The molecule has 1 aliphatic rings. The zero-order valence-corrected chi connectivity index (χ0v) is 12.0. The number of sulfonamides is 1. The van der Waals surface area contributed by atoms with Crippen LogP contribution in [0.2, 0.25) is 0 Å². The monoisotopic (exact) mass is 300 g/mol. The normalized spacial score (nSPS) is 19.6. The number of nitrogens with zero attached hydrogens (tertiary/aromatic N) is 2. The zero-order valence-electron chi connectivity index (χ0n) is 10.3. The molecule has 1 atom stereocenters. The topological polar surface area (TPSA) is 61.2 Å². The minimum Gasteiger partial charge on any atom is -0.207 e. The Labute approximate surface area is 116 Å². The van der Waals surface area contributed by atoms with Gasteiger partial charge in [-0.3, -0.25) is 0 Å². The Kier molecular flexibility index (Phi) is 4.13. The van der Waals surface area contributed by atoms with E-state index in [0.717, 1.165) is 30.1 Å². The lowest BCUT2D eigenvalue weighted by atomic mass is 10.2. The number of rotatable bonds is 3. The van der Waals surface area contributed by atoms with Crippen LogP contribution in [0.25, 0.3) is 0 Å². The highest BCUT2D eigenvalue weighted by atomic mass is 32.2. The van der Waals surface area contributed by atoms with Gasteiger partial charge in [-0.05, 0) is 30.4 Å². The summed E-state index contributed by atoms with van der Waals surface area (Å²) in [5, 5.41) is 8.76. The summed E-state index contributed by atoms with van der Waals surface area (Å²) < 4.78 is 39.3. The number of halogens is 1. The minimum atomic E-state index is -3.67. The summed E-state index contributed by atoms with van der Waals surface area (Å²) in [6, 6.07) is 4.92. The highest BCUT2D eigenvalue weighted by Crippen LogP contribution is 2.26. The third-order valence-electron chi connectivity index (χ3n) is 3.16. The summed E-state index contributed by atoms with van der Waals surface area (Å²) in [6.07, 6.45) is 0.812. The second-order valence-electron chi connectivity index (χ2n) is 4.29. The fraction of sp³-hybridized carbons (Fsp3) is 0.417. The molecular weight excluding hydrogens is 287 g/mol. The molecule has 4 nitrogen and oxygen atoms in total. The summed E-state index contributed by atoms with van der Waals surface area (Å²) in [5.74, 6) is 1.000. The zero-order chi connectivity index (χ0) is 14.0. The molecule has 1 heterocycles. The predicted octanol–water partition coefficient (Wildman–Crippen LogP) is 1.82. The number of hydrogen-bond donors (Lipinski definition) is 0. The van der Waals surface area contributed by atoms with E-state index in [9.17, 15) is 12.8 Å². The van der Waals surface area contributed by atoms with Gasteiger partial charge in [0.2, 0.25) is 10.0 Å². The van der Waals surface area contributed by atoms with Crippen molar-refractivity contribution in [3.63, 3.8) is 0 Å². The Morgan fingerprint density at radius 1 is 1.53 bits per heavy atom. The number of thioether (sulfide) groups is 1. The lowest BCUT2D eigenvalue weighted by molar-refractivity contribution is 0.394. The standard InChI is InChI=1S/C12H13FN2O2S2/c1-15(10-4-5-18-8-10)19(16,17)11-2-3-12(13)9(6-11)7-14/h2-3,6,10H,4-5,8H2,1H3. The fourth-order valence-electron chi connectivity index (χ4n) is 1.92. The minimum absolute atomic E-state index is 0.0365. The van der Waals surface area contributed by atoms with E-state index in [2.05, 4.69) is 0 Å². The first kappa shape index (κ1) is 14.3. The van der Waals surface area contributed by atoms with Gasteiger partial charge in [0, 0.05) is 18.8 Å². The molecule has 0 aliphatic carbocycles. The van der Waals surface area contributed by atoms with Crippen molar-refractivity contribution in [3.8, 4) is 6.07 Å². The van der Waals surface area contributed by atoms with Crippen LogP contribution in [0.15, 0.2) is 23.1 Å². The SMILES string of the molecule is CN(C1CCSC1)S(=O)(=O)c1ccc(F)c(C#N)c1. The van der Waals surface area contributed by atoms with Gasteiger partial charge in [0.25, 0.3) is 0 Å². The van der Waals surface area contributed by atoms with Crippen molar-refractivity contribution >= 4 is 21.8 Å². The van der Waals surface area contributed by atoms with E-state index in [1.807, 2.05) is 0 Å². The van der Waals surface area contributed by atoms with Crippen LogP contribution in [0.3, 0.4) is 0 Å². The molecule has 7 heteroatoms. The third-order valence-corrected chi connectivity index (χ3v) is 6.21. The fourth-order valence-corrected chi connectivity index (χ4v) is 4.70. The summed E-state index contributed by atoms with van der Waals surface area (Å²) in [7, 11) is -2.14. The van der Waals surface area contributed by atoms with E-state index >= 15 is 0 Å². The molecule has 1 unspecified atom stereocenters. The van der Waals surface area contributed by atoms with Crippen molar-refractivity contribution in [1.29, 1.82) is 5.26 Å². The van der Waals surface area contributed by atoms with Crippen LogP contribution in [-0.2, 0) is 10.0 Å². The van der Waals surface area contributed by atoms with E-state index in [1.165, 1.54) is 17.4 Å². The molecule has 0 N–H and O–H groups in total. The van der Waals surface area contributed by atoms with Crippen molar-refractivity contribution in [1.82, 2.24) is 4.31 Å². The molecule has 1 fully saturated rings. The smallest absolute Gasteiger partial charge is 0.207 e. The molecule has 0 bridgehead atoms. The molecule has 19 heavy (non-hydrogen) atoms. The maximum atomic E-state index is 13.2. The molecule has 0 aromatic heterocycles. The summed E-state index contributed by atoms with van der Waals surface area (Å²) >= 11 is 1.71. The molecule has 1 aromatic carbocycles. The van der Waals surface area contributed by atoms with E-state index in [0.29, 0.717) is 0 Å². The molecule has 102 valence electrons. The molecule has 0 radical (unpaired) electrons. The quantitative estimate of drug-likeness (QED) is 0.854. The van der Waals surface area contributed by atoms with Crippen molar-refractivity contribution in [2.75, 3.05) is 18.6 Å². The second-order valence-corrected chi connectivity index (χ2v) is 7.44. The van der Waals surface area contributed by atoms with E-state index in [4.69, 9.17) is 5.26 Å². The molecule has 1 aromatic rings. The first-order valence-corrected chi connectivity index (χ1v) is 8.31. The van der Waals surface area contributed by atoms with Gasteiger partial charge in [0.05, 0.1) is 10.5 Å². The highest BCUT2D eigenvalue weighted by molar-refractivity contribution is 7.99. The van der Waals surface area contributed by atoms with Gasteiger partial charge in [-0.1, -0.05) is 0 Å². The van der Waals surface area contributed by atoms with E-state index in [-0.39, 0.29) is 16.5 Å². The van der Waals surface area contributed by atoms with Crippen LogP contribution in [-0.4, -0.2) is 37.3 Å². The average Bonchev–Trinajstić information content (AvgIpc) is 2.91. The van der Waals surface area contributed by atoms with Gasteiger partial charge in [-0.25, -0.2) is 12.8 Å². The van der Waals surface area contributed by atoms with Crippen LogP contribution in [0.5, 0.6) is 0 Å². The second kappa shape index (κ2) is 5.49. The van der Waals surface area contributed by atoms with Gasteiger partial charge in [0.15, 0.2) is 0 Å². The summed E-state index contributed by atoms with van der Waals surface area (Å²) in [6.45, 7) is 0. The van der Waals surface area contributed by atoms with Crippen LogP contribution in [0, 0.1) is 17.1 Å². The van der Waals surface area contributed by atoms with Gasteiger partial charge >= 0.3 is 0 Å². The molecule has 0 amide bonds. The van der Waals surface area contributed by atoms with Crippen LogP contribution in [0.4, 0.5) is 4.39 Å². The Bertz CT molecular complexity index is 619. The van der Waals surface area contributed by atoms with Gasteiger partial charge in [-0.2, -0.15) is 21.3 Å². The Morgan fingerprint density at radius 2 is 2.26 bits per heavy atom. The number of hydrogen-bond acceptors (Lipinski definition) is 4. The molecule has 1 saturated heterocycles. The predicted molar refractivity (Wildman–Crippen MR) is 71.8 cm³/mol. The van der Waals surface area contributed by atoms with Crippen molar-refractivity contribution in [2.45, 2.75) is 17.4 Å². The highest BCUT2D eigenvalue weighted by Gasteiger charge is 2.30. The molecule has 0 spiro atoms. The maximum absolute atomic E-state index is 13.2. The summed E-state index contributed by atoms with van der Waals surface area (Å²) in [4.78, 5) is -0.0372. The van der Waals surface area contributed by atoms with E-state index in [1.54, 1.807) is 17.8 Å².